The Morgan fingerprint density at radius 2 is 1.74 bits per heavy atom. The van der Waals surface area contributed by atoms with Crippen LogP contribution >= 0.6 is 0 Å². The second-order valence-electron chi connectivity index (χ2n) is 10.8. The van der Waals surface area contributed by atoms with Crippen LogP contribution in [0.1, 0.15) is 86.0 Å². The van der Waals surface area contributed by atoms with Gasteiger partial charge in [-0.2, -0.15) is 0 Å². The minimum atomic E-state index is -1.48. The molecular weight excluding hydrogens is 344 g/mol. The first-order valence-electron chi connectivity index (χ1n) is 12.1. The lowest BCUT2D eigenvalue weighted by molar-refractivity contribution is -0.0261. The molecule has 27 heavy (non-hydrogen) atoms. The summed E-state index contributed by atoms with van der Waals surface area (Å²) >= 11 is 0. The van der Waals surface area contributed by atoms with Gasteiger partial charge in [0.05, 0.1) is 0 Å². The van der Waals surface area contributed by atoms with E-state index < -0.39 is 8.32 Å². The maximum absolute atomic E-state index is 6.94. The molecule has 4 aliphatic carbocycles. The first kappa shape index (κ1) is 20.2. The molecule has 3 fully saturated rings. The molecule has 0 unspecified atom stereocenters. The summed E-state index contributed by atoms with van der Waals surface area (Å²) in [5.41, 5.74) is 2.82. The second-order valence-corrected chi connectivity index (χ2v) is 15.5. The number of fused-ring (bicyclic) bond motifs is 5. The molecular formula is C25H43OSi. The highest BCUT2D eigenvalue weighted by molar-refractivity contribution is 6.73. The molecule has 0 bridgehead atoms. The van der Waals surface area contributed by atoms with Gasteiger partial charge in [-0.1, -0.05) is 46.3 Å². The standard InChI is InChI=1S/C25H43OSi/c1-6-27(7-2,8-3)26-20-13-17-25(5)19(18-20)11-12-21-22-10-9-15-24(22,4)16-14-23(21)25/h11,15,20-23H,6-10,12-14,16-18H2,1-5H3/t20-,21-,22-,23-,24-,25-/m0/s1. The summed E-state index contributed by atoms with van der Waals surface area (Å²) in [6.45, 7) is 12.3. The van der Waals surface area contributed by atoms with Crippen LogP contribution in [0.2, 0.25) is 18.1 Å². The maximum Gasteiger partial charge on any atom is 0.192 e. The van der Waals surface area contributed by atoms with E-state index in [4.69, 9.17) is 4.43 Å². The lowest BCUT2D eigenvalue weighted by atomic mass is 9.48. The Kier molecular flexibility index (Phi) is 5.47. The highest BCUT2D eigenvalue weighted by Gasteiger charge is 2.56. The van der Waals surface area contributed by atoms with Crippen molar-refractivity contribution in [3.05, 3.63) is 18.1 Å². The predicted octanol–water partition coefficient (Wildman–Crippen LogP) is 7.54. The third-order valence-corrected chi connectivity index (χ3v) is 14.6. The number of rotatable bonds is 5. The first-order chi connectivity index (χ1) is 12.9. The van der Waals surface area contributed by atoms with Crippen LogP contribution in [-0.4, -0.2) is 14.4 Å². The molecule has 153 valence electrons. The van der Waals surface area contributed by atoms with Gasteiger partial charge in [-0.15, -0.1) is 0 Å². The van der Waals surface area contributed by atoms with E-state index in [-0.39, 0.29) is 0 Å². The number of allylic oxidation sites excluding steroid dienone is 1. The van der Waals surface area contributed by atoms with Gasteiger partial charge in [0.1, 0.15) is 0 Å². The van der Waals surface area contributed by atoms with E-state index in [2.05, 4.69) is 47.1 Å². The van der Waals surface area contributed by atoms with Gasteiger partial charge in [-0.25, -0.2) is 0 Å². The van der Waals surface area contributed by atoms with Crippen molar-refractivity contribution in [3.63, 3.8) is 0 Å². The van der Waals surface area contributed by atoms with Crippen LogP contribution in [0, 0.1) is 35.0 Å². The van der Waals surface area contributed by atoms with E-state index in [0.717, 1.165) is 17.8 Å². The predicted molar refractivity (Wildman–Crippen MR) is 118 cm³/mol. The van der Waals surface area contributed by atoms with Crippen LogP contribution in [0.5, 0.6) is 0 Å². The van der Waals surface area contributed by atoms with E-state index in [0.29, 0.717) is 16.9 Å². The lowest BCUT2D eigenvalue weighted by Crippen LogP contribution is -2.50. The molecule has 4 rings (SSSR count). The molecule has 3 saturated carbocycles. The smallest absolute Gasteiger partial charge is 0.192 e. The monoisotopic (exact) mass is 387 g/mol. The highest BCUT2D eigenvalue weighted by atomic mass is 28.4. The summed E-state index contributed by atoms with van der Waals surface area (Å²) < 4.78 is 6.94. The summed E-state index contributed by atoms with van der Waals surface area (Å²) in [6.07, 6.45) is 16.9. The van der Waals surface area contributed by atoms with E-state index in [1.807, 2.05) is 0 Å². The van der Waals surface area contributed by atoms with E-state index in [9.17, 15) is 0 Å². The Balaban J connectivity index is 1.52. The summed E-state index contributed by atoms with van der Waals surface area (Å²) in [7, 11) is -1.48. The number of hydrogen-bond acceptors (Lipinski definition) is 1. The summed E-state index contributed by atoms with van der Waals surface area (Å²) in [6, 6.07) is 3.86. The largest absolute Gasteiger partial charge is 0.414 e. The van der Waals surface area contributed by atoms with Gasteiger partial charge in [0, 0.05) is 6.10 Å². The average molecular weight is 388 g/mol. The van der Waals surface area contributed by atoms with Gasteiger partial charge >= 0.3 is 0 Å². The zero-order valence-corrected chi connectivity index (χ0v) is 19.7. The van der Waals surface area contributed by atoms with E-state index in [1.165, 1.54) is 69.5 Å². The fraction of sp³-hybridized carbons (Fsp3) is 0.880. The van der Waals surface area contributed by atoms with E-state index in [1.54, 1.807) is 5.57 Å². The molecule has 0 aliphatic heterocycles. The lowest BCUT2D eigenvalue weighted by Gasteiger charge is -2.57. The molecule has 0 aromatic carbocycles. The van der Waals surface area contributed by atoms with Crippen molar-refractivity contribution < 1.29 is 4.43 Å². The van der Waals surface area contributed by atoms with E-state index >= 15 is 0 Å². The molecule has 0 saturated heterocycles. The van der Waals surface area contributed by atoms with Crippen molar-refractivity contribution in [2.45, 2.75) is 110 Å². The summed E-state index contributed by atoms with van der Waals surface area (Å²) in [4.78, 5) is 0. The van der Waals surface area contributed by atoms with Crippen LogP contribution in [0.25, 0.3) is 0 Å². The quantitative estimate of drug-likeness (QED) is 0.349. The molecule has 0 aromatic heterocycles. The molecule has 0 aromatic rings. The first-order valence-corrected chi connectivity index (χ1v) is 14.6. The minimum Gasteiger partial charge on any atom is -0.414 e. The number of hydrogen-bond donors (Lipinski definition) is 0. The van der Waals surface area contributed by atoms with Gasteiger partial charge in [0.25, 0.3) is 0 Å². The Hall–Kier alpha value is -0.0831. The van der Waals surface area contributed by atoms with Crippen molar-refractivity contribution in [1.82, 2.24) is 0 Å². The molecule has 0 spiro atoms. The Morgan fingerprint density at radius 1 is 1.00 bits per heavy atom. The minimum absolute atomic E-state index is 0.474. The molecule has 1 radical (unpaired) electrons. The molecule has 1 nitrogen and oxygen atoms in total. The van der Waals surface area contributed by atoms with Gasteiger partial charge in [0.15, 0.2) is 8.32 Å². The van der Waals surface area contributed by atoms with Crippen LogP contribution in [0.4, 0.5) is 0 Å². The fourth-order valence-electron chi connectivity index (χ4n) is 7.82. The zero-order chi connectivity index (χ0) is 19.3. The molecule has 2 heteroatoms. The summed E-state index contributed by atoms with van der Waals surface area (Å²) in [5, 5.41) is 0. The third kappa shape index (κ3) is 3.21. The van der Waals surface area contributed by atoms with Crippen LogP contribution in [0.15, 0.2) is 11.6 Å². The van der Waals surface area contributed by atoms with Crippen molar-refractivity contribution in [2.75, 3.05) is 0 Å². The third-order valence-electron chi connectivity index (χ3n) is 9.93. The van der Waals surface area contributed by atoms with Crippen molar-refractivity contribution >= 4 is 8.32 Å². The van der Waals surface area contributed by atoms with Crippen LogP contribution in [-0.2, 0) is 4.43 Å². The second kappa shape index (κ2) is 7.31. The normalized spacial score (nSPS) is 44.3. The zero-order valence-electron chi connectivity index (χ0n) is 18.7. The van der Waals surface area contributed by atoms with Crippen molar-refractivity contribution in [3.8, 4) is 0 Å². The fourth-order valence-corrected chi connectivity index (χ4v) is 10.7. The molecule has 6 atom stereocenters. The molecule has 0 N–H and O–H groups in total. The van der Waals surface area contributed by atoms with Crippen LogP contribution in [0.3, 0.4) is 0 Å². The van der Waals surface area contributed by atoms with Gasteiger partial charge in [-0.05, 0) is 105 Å². The maximum atomic E-state index is 6.94. The van der Waals surface area contributed by atoms with Gasteiger partial charge < -0.3 is 4.43 Å². The molecule has 0 heterocycles. The van der Waals surface area contributed by atoms with Crippen molar-refractivity contribution in [2.24, 2.45) is 28.6 Å². The Bertz CT molecular complexity index is 571. The molecule has 4 aliphatic rings. The SMILES string of the molecule is CC[Si](CC)(CC)O[C@H]1CC[C@@]2(C)C(=CC[C@H]3[C@@H]4CC[CH][C@@]4(C)CC[C@@H]32)C1. The average Bonchev–Trinajstić information content (AvgIpc) is 3.08. The van der Waals surface area contributed by atoms with Gasteiger partial charge in [-0.3, -0.25) is 0 Å². The molecule has 0 amide bonds. The van der Waals surface area contributed by atoms with Crippen LogP contribution < -0.4 is 0 Å². The Labute approximate surface area is 169 Å². The Morgan fingerprint density at radius 3 is 2.44 bits per heavy atom. The van der Waals surface area contributed by atoms with Crippen molar-refractivity contribution in [1.29, 1.82) is 0 Å². The van der Waals surface area contributed by atoms with Gasteiger partial charge in [0.2, 0.25) is 0 Å². The topological polar surface area (TPSA) is 9.23 Å². The highest BCUT2D eigenvalue weighted by Crippen LogP contribution is 2.64. The summed E-state index contributed by atoms with van der Waals surface area (Å²) in [5.74, 6) is 2.85.